The van der Waals surface area contributed by atoms with E-state index in [4.69, 9.17) is 4.42 Å². The van der Waals surface area contributed by atoms with E-state index >= 15 is 0 Å². The Balaban J connectivity index is 1.41. The van der Waals surface area contributed by atoms with Crippen LogP contribution in [0, 0.1) is 19.7 Å². The molecule has 1 aliphatic carbocycles. The summed E-state index contributed by atoms with van der Waals surface area (Å²) in [6, 6.07) is 17.5. The zero-order valence-corrected chi connectivity index (χ0v) is 22.8. The molecule has 1 fully saturated rings. The molecule has 0 N–H and O–H groups in total. The van der Waals surface area contributed by atoms with Gasteiger partial charge in [0.1, 0.15) is 23.0 Å². The van der Waals surface area contributed by atoms with Gasteiger partial charge in [0.05, 0.1) is 5.56 Å². The number of halogens is 1. The van der Waals surface area contributed by atoms with Crippen LogP contribution in [0.4, 0.5) is 4.39 Å². The predicted octanol–water partition coefficient (Wildman–Crippen LogP) is 8.21. The molecule has 0 aliphatic heterocycles. The van der Waals surface area contributed by atoms with Crippen molar-refractivity contribution in [3.8, 4) is 22.5 Å². The number of hydrogen-bond donors (Lipinski definition) is 0. The number of rotatable bonds is 8. The maximum atomic E-state index is 13.6. The highest BCUT2D eigenvalue weighted by atomic mass is 19.1. The number of furan rings is 1. The van der Waals surface area contributed by atoms with Gasteiger partial charge in [-0.3, -0.25) is 9.59 Å². The van der Waals surface area contributed by atoms with E-state index in [0.29, 0.717) is 46.3 Å². The second-order valence-corrected chi connectivity index (χ2v) is 10.7. The summed E-state index contributed by atoms with van der Waals surface area (Å²) >= 11 is 0. The minimum atomic E-state index is -0.352. The topological polar surface area (TPSA) is 73.1 Å². The number of carbonyl (C=O) groups is 2. The number of carbonyl (C=O) groups excluding carboxylic acids is 2. The number of Topliss-reactive ketones (excluding diaryl/α,β-unsaturated/α-hetero) is 2. The SMILES string of the molecule is CCC(=O)c1c(-c2ccc(F)cc2)oc2ccc(-c3cc(C(=O)CC4(c5ncccn5)CC4)c(C)cc3C)cc12. The third-order valence-electron chi connectivity index (χ3n) is 7.97. The second-order valence-electron chi connectivity index (χ2n) is 10.7. The van der Waals surface area contributed by atoms with Crippen LogP contribution in [0.1, 0.15) is 70.3 Å². The molecule has 5 aromatic rings. The molecule has 1 aliphatic rings. The Hall–Kier alpha value is -4.45. The summed E-state index contributed by atoms with van der Waals surface area (Å²) in [4.78, 5) is 35.6. The molecule has 6 rings (SSSR count). The van der Waals surface area contributed by atoms with Crippen LogP contribution in [-0.2, 0) is 5.41 Å². The van der Waals surface area contributed by atoms with E-state index in [2.05, 4.69) is 9.97 Å². The molecule has 0 spiro atoms. The quantitative estimate of drug-likeness (QED) is 0.188. The first-order valence-electron chi connectivity index (χ1n) is 13.6. The van der Waals surface area contributed by atoms with Gasteiger partial charge in [0.15, 0.2) is 11.6 Å². The van der Waals surface area contributed by atoms with Crippen LogP contribution in [0.5, 0.6) is 0 Å². The summed E-state index contributed by atoms with van der Waals surface area (Å²) in [7, 11) is 0. The van der Waals surface area contributed by atoms with Crippen LogP contribution in [0.25, 0.3) is 33.4 Å². The van der Waals surface area contributed by atoms with Crippen LogP contribution in [-0.4, -0.2) is 21.5 Å². The smallest absolute Gasteiger partial charge is 0.167 e. The zero-order valence-electron chi connectivity index (χ0n) is 22.8. The Morgan fingerprint density at radius 2 is 1.60 bits per heavy atom. The Bertz CT molecular complexity index is 1770. The van der Waals surface area contributed by atoms with Gasteiger partial charge in [-0.15, -0.1) is 0 Å². The Morgan fingerprint density at radius 3 is 2.27 bits per heavy atom. The average Bonchev–Trinajstić information content (AvgIpc) is 3.64. The molecule has 6 heteroatoms. The lowest BCUT2D eigenvalue weighted by Crippen LogP contribution is -2.17. The molecule has 0 unspecified atom stereocenters. The van der Waals surface area contributed by atoms with Crippen molar-refractivity contribution in [2.75, 3.05) is 0 Å². The van der Waals surface area contributed by atoms with E-state index in [9.17, 15) is 14.0 Å². The Morgan fingerprint density at radius 1 is 0.900 bits per heavy atom. The summed E-state index contributed by atoms with van der Waals surface area (Å²) in [6.07, 6.45) is 5.95. The molecule has 1 saturated carbocycles. The molecule has 40 heavy (non-hydrogen) atoms. The summed E-state index contributed by atoms with van der Waals surface area (Å²) in [5, 5.41) is 0.703. The molecule has 2 aromatic heterocycles. The lowest BCUT2D eigenvalue weighted by Gasteiger charge is -2.16. The van der Waals surface area contributed by atoms with E-state index in [1.807, 2.05) is 51.1 Å². The van der Waals surface area contributed by atoms with Crippen LogP contribution in [0.3, 0.4) is 0 Å². The van der Waals surface area contributed by atoms with E-state index in [1.54, 1.807) is 30.6 Å². The first-order chi connectivity index (χ1) is 19.3. The van der Waals surface area contributed by atoms with Crippen LogP contribution in [0.15, 0.2) is 77.5 Å². The normalized spacial score (nSPS) is 13.9. The second kappa shape index (κ2) is 9.94. The van der Waals surface area contributed by atoms with Gasteiger partial charge < -0.3 is 4.42 Å². The molecule has 0 amide bonds. The van der Waals surface area contributed by atoms with Crippen molar-refractivity contribution in [2.24, 2.45) is 0 Å². The summed E-state index contributed by atoms with van der Waals surface area (Å²) in [5.74, 6) is 0.852. The maximum Gasteiger partial charge on any atom is 0.167 e. The zero-order chi connectivity index (χ0) is 28.0. The largest absolute Gasteiger partial charge is 0.455 e. The summed E-state index contributed by atoms with van der Waals surface area (Å²) in [6.45, 7) is 5.81. The van der Waals surface area contributed by atoms with E-state index in [-0.39, 0.29) is 22.8 Å². The fourth-order valence-electron chi connectivity index (χ4n) is 5.59. The van der Waals surface area contributed by atoms with Gasteiger partial charge in [0, 0.05) is 47.2 Å². The number of benzene rings is 3. The van der Waals surface area contributed by atoms with Gasteiger partial charge in [-0.25, -0.2) is 14.4 Å². The molecule has 3 aromatic carbocycles. The van der Waals surface area contributed by atoms with E-state index < -0.39 is 0 Å². The average molecular weight is 533 g/mol. The highest BCUT2D eigenvalue weighted by Crippen LogP contribution is 2.50. The predicted molar refractivity (Wildman–Crippen MR) is 153 cm³/mol. The molecule has 5 nitrogen and oxygen atoms in total. The van der Waals surface area contributed by atoms with Gasteiger partial charge >= 0.3 is 0 Å². The molecule has 2 heterocycles. The monoisotopic (exact) mass is 532 g/mol. The maximum absolute atomic E-state index is 13.6. The van der Waals surface area contributed by atoms with Crippen molar-refractivity contribution in [1.82, 2.24) is 9.97 Å². The summed E-state index contributed by atoms with van der Waals surface area (Å²) < 4.78 is 19.7. The minimum Gasteiger partial charge on any atom is -0.455 e. The fourth-order valence-corrected chi connectivity index (χ4v) is 5.59. The van der Waals surface area contributed by atoms with E-state index in [1.165, 1.54) is 12.1 Å². The van der Waals surface area contributed by atoms with Gasteiger partial charge in [-0.2, -0.15) is 0 Å². The van der Waals surface area contributed by atoms with Gasteiger partial charge in [0.25, 0.3) is 0 Å². The third kappa shape index (κ3) is 4.53. The number of aromatic nitrogens is 2. The Kier molecular flexibility index (Phi) is 6.41. The number of nitrogens with zero attached hydrogens (tertiary/aromatic N) is 2. The standard InChI is InChI=1S/C34H29FN2O3/c1-4-28(38)31-27-17-23(8-11-30(27)40-32(31)22-6-9-24(35)10-7-22)25-18-26(21(3)16-20(25)2)29(39)19-34(12-13-34)33-36-14-5-15-37-33/h5-11,14-18H,4,12-13,19H2,1-3H3. The molecule has 0 bridgehead atoms. The number of ketones is 2. The van der Waals surface area contributed by atoms with Crippen molar-refractivity contribution in [3.63, 3.8) is 0 Å². The van der Waals surface area contributed by atoms with Gasteiger partial charge in [0.2, 0.25) is 0 Å². The number of aryl methyl sites for hydroxylation is 2. The van der Waals surface area contributed by atoms with Crippen molar-refractivity contribution in [2.45, 2.75) is 51.9 Å². The molecular formula is C34H29FN2O3. The van der Waals surface area contributed by atoms with Crippen molar-refractivity contribution in [1.29, 1.82) is 0 Å². The highest BCUT2D eigenvalue weighted by Gasteiger charge is 2.48. The van der Waals surface area contributed by atoms with Crippen molar-refractivity contribution < 1.29 is 18.4 Å². The third-order valence-corrected chi connectivity index (χ3v) is 7.97. The van der Waals surface area contributed by atoms with Gasteiger partial charge in [-0.05, 0) is 97.5 Å². The van der Waals surface area contributed by atoms with Crippen molar-refractivity contribution in [3.05, 3.63) is 107 Å². The lowest BCUT2D eigenvalue weighted by molar-refractivity contribution is 0.0965. The molecule has 0 atom stereocenters. The fraction of sp³-hybridized carbons (Fsp3) is 0.235. The van der Waals surface area contributed by atoms with E-state index in [0.717, 1.165) is 40.9 Å². The lowest BCUT2D eigenvalue weighted by atomic mass is 9.88. The Labute approximate surface area is 232 Å². The van der Waals surface area contributed by atoms with Crippen LogP contribution in [0.2, 0.25) is 0 Å². The molecule has 0 saturated heterocycles. The van der Waals surface area contributed by atoms with Crippen molar-refractivity contribution >= 4 is 22.5 Å². The first-order valence-corrected chi connectivity index (χ1v) is 13.6. The van der Waals surface area contributed by atoms with Gasteiger partial charge in [-0.1, -0.05) is 19.1 Å². The number of fused-ring (bicyclic) bond motifs is 1. The highest BCUT2D eigenvalue weighted by molar-refractivity contribution is 6.13. The van der Waals surface area contributed by atoms with Crippen LogP contribution >= 0.6 is 0 Å². The summed E-state index contributed by atoms with van der Waals surface area (Å²) in [5.41, 5.74) is 5.91. The molecular weight excluding hydrogens is 503 g/mol. The number of hydrogen-bond acceptors (Lipinski definition) is 5. The molecule has 0 radical (unpaired) electrons. The molecule has 200 valence electrons. The van der Waals surface area contributed by atoms with Crippen LogP contribution < -0.4 is 0 Å². The minimum absolute atomic E-state index is 0.0513. The first kappa shape index (κ1) is 25.8.